The van der Waals surface area contributed by atoms with Gasteiger partial charge in [-0.2, -0.15) is 0 Å². The molecule has 0 saturated carbocycles. The summed E-state index contributed by atoms with van der Waals surface area (Å²) in [6.45, 7) is 1.73. The van der Waals surface area contributed by atoms with Crippen molar-refractivity contribution < 1.29 is 13.9 Å². The summed E-state index contributed by atoms with van der Waals surface area (Å²) in [5, 5.41) is 0. The first-order chi connectivity index (χ1) is 11.3. The van der Waals surface area contributed by atoms with E-state index in [4.69, 9.17) is 4.74 Å². The van der Waals surface area contributed by atoms with Gasteiger partial charge in [0, 0.05) is 12.1 Å². The highest BCUT2D eigenvalue weighted by Gasteiger charge is 2.20. The molecule has 3 rings (SSSR count). The van der Waals surface area contributed by atoms with Crippen molar-refractivity contribution in [1.82, 2.24) is 4.90 Å². The standard InChI is InChI=1S/C19H16FNO2/c20-18-4-2-1-3-16(18)8-5-15-6-9-17(10-7-15)19-13-21(14-22)11-12-23-19/h1-4,6-7,9-10,14,19H,11-13H2. The van der Waals surface area contributed by atoms with Crippen molar-refractivity contribution in [2.24, 2.45) is 0 Å². The number of nitrogens with zero attached hydrogens (tertiary/aromatic N) is 1. The second kappa shape index (κ2) is 7.08. The van der Waals surface area contributed by atoms with Crippen LogP contribution in [-0.2, 0) is 9.53 Å². The Morgan fingerprint density at radius 2 is 1.91 bits per heavy atom. The third-order valence-electron chi connectivity index (χ3n) is 3.74. The lowest BCUT2D eigenvalue weighted by Crippen LogP contribution is -2.37. The largest absolute Gasteiger partial charge is 0.370 e. The van der Waals surface area contributed by atoms with Crippen molar-refractivity contribution in [1.29, 1.82) is 0 Å². The monoisotopic (exact) mass is 309 g/mol. The summed E-state index contributed by atoms with van der Waals surface area (Å²) in [4.78, 5) is 12.6. The molecule has 4 heteroatoms. The molecule has 1 amide bonds. The van der Waals surface area contributed by atoms with Crippen molar-refractivity contribution >= 4 is 6.41 Å². The van der Waals surface area contributed by atoms with Gasteiger partial charge in [0.25, 0.3) is 0 Å². The molecule has 0 aromatic heterocycles. The summed E-state index contributed by atoms with van der Waals surface area (Å²) < 4.78 is 19.2. The summed E-state index contributed by atoms with van der Waals surface area (Å²) >= 11 is 0. The van der Waals surface area contributed by atoms with Crippen LogP contribution in [0.4, 0.5) is 4.39 Å². The number of carbonyl (C=O) groups is 1. The molecular weight excluding hydrogens is 293 g/mol. The fourth-order valence-corrected chi connectivity index (χ4v) is 2.45. The number of morpholine rings is 1. The predicted octanol–water partition coefficient (Wildman–Crippen LogP) is 2.76. The fourth-order valence-electron chi connectivity index (χ4n) is 2.45. The van der Waals surface area contributed by atoms with Gasteiger partial charge in [-0.05, 0) is 29.8 Å². The summed E-state index contributed by atoms with van der Waals surface area (Å²) in [6, 6.07) is 14.1. The van der Waals surface area contributed by atoms with E-state index in [0.29, 0.717) is 25.3 Å². The number of rotatable bonds is 2. The topological polar surface area (TPSA) is 29.5 Å². The van der Waals surface area contributed by atoms with Gasteiger partial charge in [-0.25, -0.2) is 4.39 Å². The van der Waals surface area contributed by atoms with Crippen LogP contribution >= 0.6 is 0 Å². The number of ether oxygens (including phenoxy) is 1. The lowest BCUT2D eigenvalue weighted by molar-refractivity contribution is -0.125. The van der Waals surface area contributed by atoms with Crippen molar-refractivity contribution in [2.75, 3.05) is 19.7 Å². The zero-order valence-electron chi connectivity index (χ0n) is 12.5. The Hall–Kier alpha value is -2.64. The van der Waals surface area contributed by atoms with E-state index in [9.17, 15) is 9.18 Å². The summed E-state index contributed by atoms with van der Waals surface area (Å²) in [7, 11) is 0. The minimum absolute atomic E-state index is 0.109. The van der Waals surface area contributed by atoms with Crippen LogP contribution in [0, 0.1) is 17.7 Å². The average Bonchev–Trinajstić information content (AvgIpc) is 2.61. The van der Waals surface area contributed by atoms with Crippen molar-refractivity contribution in [3.63, 3.8) is 0 Å². The average molecular weight is 309 g/mol. The first-order valence-electron chi connectivity index (χ1n) is 7.44. The van der Waals surface area contributed by atoms with Crippen LogP contribution in [0.15, 0.2) is 48.5 Å². The predicted molar refractivity (Wildman–Crippen MR) is 85.2 cm³/mol. The molecule has 0 radical (unpaired) electrons. The van der Waals surface area contributed by atoms with Gasteiger partial charge in [-0.1, -0.05) is 36.1 Å². The molecule has 0 spiro atoms. The number of halogens is 1. The van der Waals surface area contributed by atoms with Gasteiger partial charge < -0.3 is 9.64 Å². The van der Waals surface area contributed by atoms with Gasteiger partial charge in [-0.3, -0.25) is 4.79 Å². The third kappa shape index (κ3) is 3.77. The molecular formula is C19H16FNO2. The molecule has 1 fully saturated rings. The van der Waals surface area contributed by atoms with Gasteiger partial charge in [0.2, 0.25) is 6.41 Å². The normalized spacial score (nSPS) is 17.3. The molecule has 0 N–H and O–H groups in total. The maximum atomic E-state index is 13.5. The van der Waals surface area contributed by atoms with Crippen LogP contribution in [0.3, 0.4) is 0 Å². The molecule has 0 bridgehead atoms. The maximum absolute atomic E-state index is 13.5. The summed E-state index contributed by atoms with van der Waals surface area (Å²) in [5.41, 5.74) is 2.20. The lowest BCUT2D eigenvalue weighted by Gasteiger charge is -2.30. The lowest BCUT2D eigenvalue weighted by atomic mass is 10.1. The first-order valence-corrected chi connectivity index (χ1v) is 7.44. The molecule has 116 valence electrons. The van der Waals surface area contributed by atoms with Crippen LogP contribution < -0.4 is 0 Å². The van der Waals surface area contributed by atoms with Gasteiger partial charge >= 0.3 is 0 Å². The van der Waals surface area contributed by atoms with Gasteiger partial charge in [0.1, 0.15) is 11.9 Å². The number of hydrogen-bond acceptors (Lipinski definition) is 2. The second-order valence-electron chi connectivity index (χ2n) is 5.31. The molecule has 23 heavy (non-hydrogen) atoms. The second-order valence-corrected chi connectivity index (χ2v) is 5.31. The molecule has 1 heterocycles. The van der Waals surface area contributed by atoms with Crippen LogP contribution in [-0.4, -0.2) is 31.0 Å². The highest BCUT2D eigenvalue weighted by atomic mass is 19.1. The minimum atomic E-state index is -0.318. The summed E-state index contributed by atoms with van der Waals surface area (Å²) in [5.74, 6) is 5.47. The SMILES string of the molecule is O=CN1CCOC(c2ccc(C#Cc3ccccc3F)cc2)C1. The Balaban J connectivity index is 1.73. The molecule has 1 atom stereocenters. The fraction of sp³-hybridized carbons (Fsp3) is 0.211. The number of amides is 1. The van der Waals surface area contributed by atoms with E-state index in [0.717, 1.165) is 17.5 Å². The molecule has 1 unspecified atom stereocenters. The highest BCUT2D eigenvalue weighted by Crippen LogP contribution is 2.21. The molecule has 1 aliphatic rings. The molecule has 2 aromatic carbocycles. The van der Waals surface area contributed by atoms with E-state index in [1.807, 2.05) is 24.3 Å². The zero-order chi connectivity index (χ0) is 16.1. The molecule has 0 aliphatic carbocycles. The highest BCUT2D eigenvalue weighted by molar-refractivity contribution is 5.48. The van der Waals surface area contributed by atoms with Gasteiger partial charge in [0.05, 0.1) is 18.7 Å². The van der Waals surface area contributed by atoms with Crippen molar-refractivity contribution in [2.45, 2.75) is 6.10 Å². The van der Waals surface area contributed by atoms with Crippen LogP contribution in [0.2, 0.25) is 0 Å². The summed E-state index contributed by atoms with van der Waals surface area (Å²) in [6.07, 6.45) is 0.742. The number of benzene rings is 2. The molecule has 1 aliphatic heterocycles. The maximum Gasteiger partial charge on any atom is 0.209 e. The Kier molecular flexibility index (Phi) is 4.70. The zero-order valence-corrected chi connectivity index (χ0v) is 12.5. The van der Waals surface area contributed by atoms with E-state index < -0.39 is 0 Å². The van der Waals surface area contributed by atoms with Crippen LogP contribution in [0.25, 0.3) is 0 Å². The molecule has 3 nitrogen and oxygen atoms in total. The molecule has 1 saturated heterocycles. The van der Waals surface area contributed by atoms with E-state index in [1.165, 1.54) is 6.07 Å². The van der Waals surface area contributed by atoms with Gasteiger partial charge in [-0.15, -0.1) is 0 Å². The Morgan fingerprint density at radius 3 is 2.65 bits per heavy atom. The van der Waals surface area contributed by atoms with E-state index in [2.05, 4.69) is 11.8 Å². The van der Waals surface area contributed by atoms with Crippen molar-refractivity contribution in [3.05, 3.63) is 71.0 Å². The number of carbonyl (C=O) groups excluding carboxylic acids is 1. The Bertz CT molecular complexity index is 746. The van der Waals surface area contributed by atoms with E-state index in [-0.39, 0.29) is 11.9 Å². The van der Waals surface area contributed by atoms with E-state index >= 15 is 0 Å². The molecule has 2 aromatic rings. The van der Waals surface area contributed by atoms with E-state index in [1.54, 1.807) is 23.1 Å². The first kappa shape index (κ1) is 15.3. The van der Waals surface area contributed by atoms with Gasteiger partial charge in [0.15, 0.2) is 0 Å². The smallest absolute Gasteiger partial charge is 0.209 e. The van der Waals surface area contributed by atoms with Crippen LogP contribution in [0.5, 0.6) is 0 Å². The number of hydrogen-bond donors (Lipinski definition) is 0. The Labute approximate surface area is 134 Å². The minimum Gasteiger partial charge on any atom is -0.370 e. The van der Waals surface area contributed by atoms with Crippen molar-refractivity contribution in [3.8, 4) is 11.8 Å². The quantitative estimate of drug-likeness (QED) is 0.630. The van der Waals surface area contributed by atoms with Crippen LogP contribution in [0.1, 0.15) is 22.8 Å². The third-order valence-corrected chi connectivity index (χ3v) is 3.74. The Morgan fingerprint density at radius 1 is 1.13 bits per heavy atom.